The molecule has 0 spiro atoms. The molecular weight excluding hydrogens is 601 g/mol. The van der Waals surface area contributed by atoms with Crippen molar-refractivity contribution in [3.05, 3.63) is 129 Å². The fraction of sp³-hybridized carbons (Fsp3) is 0.0645. The van der Waals surface area contributed by atoms with Crippen molar-refractivity contribution in [3.63, 3.8) is 0 Å². The van der Waals surface area contributed by atoms with Crippen molar-refractivity contribution in [1.82, 2.24) is 5.32 Å². The van der Waals surface area contributed by atoms with Crippen LogP contribution in [0, 0.1) is 0 Å². The third kappa shape index (κ3) is 8.62. The Balaban J connectivity index is 1.45. The highest BCUT2D eigenvalue weighted by Crippen LogP contribution is 2.28. The van der Waals surface area contributed by atoms with Crippen molar-refractivity contribution in [2.75, 3.05) is 10.6 Å². The monoisotopic (exact) mass is 623 g/mol. The molecule has 4 aromatic rings. The lowest BCUT2D eigenvalue weighted by Crippen LogP contribution is -2.30. The molecule has 0 fully saturated rings. The van der Waals surface area contributed by atoms with Gasteiger partial charge in [0.25, 0.3) is 11.8 Å². The van der Waals surface area contributed by atoms with Gasteiger partial charge in [0, 0.05) is 26.9 Å². The van der Waals surface area contributed by atoms with Crippen molar-refractivity contribution >= 4 is 81.7 Å². The van der Waals surface area contributed by atoms with E-state index in [0.717, 1.165) is 4.90 Å². The average Bonchev–Trinajstić information content (AvgIpc) is 2.97. The maximum Gasteiger partial charge on any atom is 0.272 e. The van der Waals surface area contributed by atoms with Crippen molar-refractivity contribution in [2.45, 2.75) is 17.1 Å². The lowest BCUT2D eigenvalue weighted by atomic mass is 10.1. The number of nitrogens with one attached hydrogen (secondary N) is 3. The highest BCUT2D eigenvalue weighted by Gasteiger charge is 2.17. The van der Waals surface area contributed by atoms with Gasteiger partial charge in [0.05, 0.1) is 15.3 Å². The van der Waals surface area contributed by atoms with E-state index in [1.165, 1.54) is 17.8 Å². The average molecular weight is 625 g/mol. The van der Waals surface area contributed by atoms with Gasteiger partial charge in [-0.3, -0.25) is 14.4 Å². The van der Waals surface area contributed by atoms with Crippen LogP contribution in [-0.4, -0.2) is 23.0 Å². The molecule has 208 valence electrons. The van der Waals surface area contributed by atoms with Gasteiger partial charge in [-0.2, -0.15) is 0 Å². The second-order valence-corrected chi connectivity index (χ2v) is 11.4. The van der Waals surface area contributed by atoms with Crippen molar-refractivity contribution in [1.29, 1.82) is 0 Å². The van der Waals surface area contributed by atoms with Gasteiger partial charge >= 0.3 is 0 Å². The molecule has 0 aliphatic rings. The Kier molecular flexibility index (Phi) is 10.5. The van der Waals surface area contributed by atoms with Crippen LogP contribution in [-0.2, 0) is 9.59 Å². The number of hydrogen-bond acceptors (Lipinski definition) is 4. The van der Waals surface area contributed by atoms with E-state index in [0.29, 0.717) is 32.5 Å². The molecule has 6 nitrogen and oxygen atoms in total. The molecule has 0 saturated heterocycles. The summed E-state index contributed by atoms with van der Waals surface area (Å²) < 4.78 is 0. The van der Waals surface area contributed by atoms with Crippen LogP contribution in [0.25, 0.3) is 6.08 Å². The van der Waals surface area contributed by atoms with Crippen LogP contribution in [0.15, 0.2) is 108 Å². The van der Waals surface area contributed by atoms with Crippen molar-refractivity contribution < 1.29 is 14.4 Å². The van der Waals surface area contributed by atoms with E-state index in [-0.39, 0.29) is 21.9 Å². The maximum absolute atomic E-state index is 13.3. The zero-order valence-corrected chi connectivity index (χ0v) is 24.7. The molecule has 0 aliphatic heterocycles. The summed E-state index contributed by atoms with van der Waals surface area (Å²) in [5.41, 5.74) is 1.99. The molecular formula is C31H24Cl3N3O3S. The summed E-state index contributed by atoms with van der Waals surface area (Å²) in [5.74, 6) is -1.16. The third-order valence-electron chi connectivity index (χ3n) is 5.72. The van der Waals surface area contributed by atoms with E-state index in [1.54, 1.807) is 104 Å². The second kappa shape index (κ2) is 14.2. The predicted molar refractivity (Wildman–Crippen MR) is 169 cm³/mol. The fourth-order valence-electron chi connectivity index (χ4n) is 3.58. The van der Waals surface area contributed by atoms with Gasteiger partial charge in [0.1, 0.15) is 5.70 Å². The first kappa shape index (κ1) is 30.2. The Morgan fingerprint density at radius 2 is 1.39 bits per heavy atom. The number of anilines is 2. The minimum atomic E-state index is -0.554. The van der Waals surface area contributed by atoms with Gasteiger partial charge in [0.15, 0.2) is 0 Å². The Bertz CT molecular complexity index is 1580. The van der Waals surface area contributed by atoms with Gasteiger partial charge in [-0.25, -0.2) is 0 Å². The first-order valence-electron chi connectivity index (χ1n) is 12.4. The summed E-state index contributed by atoms with van der Waals surface area (Å²) in [5, 5.41) is 9.11. The van der Waals surface area contributed by atoms with Crippen LogP contribution >= 0.6 is 46.6 Å². The molecule has 0 saturated carbocycles. The first-order chi connectivity index (χ1) is 19.7. The van der Waals surface area contributed by atoms with E-state index >= 15 is 0 Å². The topological polar surface area (TPSA) is 87.3 Å². The lowest BCUT2D eigenvalue weighted by molar-refractivity contribution is -0.115. The molecule has 0 aromatic heterocycles. The number of benzene rings is 4. The summed E-state index contributed by atoms with van der Waals surface area (Å²) in [6, 6.07) is 27.5. The van der Waals surface area contributed by atoms with E-state index in [4.69, 9.17) is 34.8 Å². The third-order valence-corrected chi connectivity index (χ3v) is 7.91. The van der Waals surface area contributed by atoms with Gasteiger partial charge in [-0.15, -0.1) is 11.8 Å². The summed E-state index contributed by atoms with van der Waals surface area (Å²) >= 11 is 19.7. The number of thioether (sulfide) groups is 1. The lowest BCUT2D eigenvalue weighted by Gasteiger charge is -2.14. The smallest absolute Gasteiger partial charge is 0.272 e. The molecule has 3 N–H and O–H groups in total. The van der Waals surface area contributed by atoms with Crippen LogP contribution in [0.4, 0.5) is 11.4 Å². The summed E-state index contributed by atoms with van der Waals surface area (Å²) in [4.78, 5) is 39.6. The summed E-state index contributed by atoms with van der Waals surface area (Å²) in [7, 11) is 0. The number of hydrogen-bond donors (Lipinski definition) is 3. The molecule has 0 radical (unpaired) electrons. The SMILES string of the molecule is CC(Sc1ccc(NC(=O)/C(=C/c2cccc(Cl)c2Cl)NC(=O)c2ccccc2)cc1)C(=O)Nc1ccc(Cl)cc1. The van der Waals surface area contributed by atoms with Crippen LogP contribution in [0.2, 0.25) is 15.1 Å². The second-order valence-electron chi connectivity index (χ2n) is 8.76. The van der Waals surface area contributed by atoms with Crippen LogP contribution in [0.3, 0.4) is 0 Å². The van der Waals surface area contributed by atoms with Crippen LogP contribution in [0.5, 0.6) is 0 Å². The molecule has 3 amide bonds. The Hall–Kier alpha value is -3.75. The van der Waals surface area contributed by atoms with E-state index in [1.807, 2.05) is 0 Å². The number of amides is 3. The molecule has 4 rings (SSSR count). The molecule has 1 atom stereocenters. The first-order valence-corrected chi connectivity index (χ1v) is 14.4. The molecule has 1 unspecified atom stereocenters. The van der Waals surface area contributed by atoms with Gasteiger partial charge in [-0.05, 0) is 85.3 Å². The maximum atomic E-state index is 13.3. The number of carbonyl (C=O) groups is 3. The van der Waals surface area contributed by atoms with Crippen molar-refractivity contribution in [3.8, 4) is 0 Å². The molecule has 10 heteroatoms. The minimum absolute atomic E-state index is 0.0195. The normalized spacial score (nSPS) is 11.9. The standard InChI is InChI=1S/C31H24Cl3N3O3S/c1-19(29(38)35-23-12-10-22(32)11-13-23)41-25-16-14-24(15-17-25)36-31(40)27(18-21-8-5-9-26(33)28(21)34)37-30(39)20-6-3-2-4-7-20/h2-19H,1H3,(H,35,38)(H,36,40)(H,37,39)/b27-18-. The minimum Gasteiger partial charge on any atom is -0.325 e. The quantitative estimate of drug-likeness (QED) is 0.129. The highest BCUT2D eigenvalue weighted by atomic mass is 35.5. The van der Waals surface area contributed by atoms with Gasteiger partial charge < -0.3 is 16.0 Å². The van der Waals surface area contributed by atoms with Crippen LogP contribution in [0.1, 0.15) is 22.8 Å². The molecule has 4 aromatic carbocycles. The highest BCUT2D eigenvalue weighted by molar-refractivity contribution is 8.00. The molecule has 0 heterocycles. The Labute approximate surface area is 257 Å². The summed E-state index contributed by atoms with van der Waals surface area (Å²) in [6.45, 7) is 1.80. The fourth-order valence-corrected chi connectivity index (χ4v) is 4.94. The number of halogens is 3. The zero-order valence-electron chi connectivity index (χ0n) is 21.7. The Morgan fingerprint density at radius 1 is 0.756 bits per heavy atom. The molecule has 41 heavy (non-hydrogen) atoms. The Morgan fingerprint density at radius 3 is 2.07 bits per heavy atom. The van der Waals surface area contributed by atoms with Crippen molar-refractivity contribution in [2.24, 2.45) is 0 Å². The van der Waals surface area contributed by atoms with Gasteiger partial charge in [-0.1, -0.05) is 65.1 Å². The predicted octanol–water partition coefficient (Wildman–Crippen LogP) is 8.18. The van der Waals surface area contributed by atoms with Crippen LogP contribution < -0.4 is 16.0 Å². The van der Waals surface area contributed by atoms with Gasteiger partial charge in [0.2, 0.25) is 5.91 Å². The molecule has 0 aliphatic carbocycles. The zero-order chi connectivity index (χ0) is 29.4. The van der Waals surface area contributed by atoms with E-state index < -0.39 is 11.8 Å². The largest absolute Gasteiger partial charge is 0.325 e. The summed E-state index contributed by atoms with van der Waals surface area (Å²) in [6.07, 6.45) is 1.47. The molecule has 0 bridgehead atoms. The van der Waals surface area contributed by atoms with E-state index in [2.05, 4.69) is 16.0 Å². The number of carbonyl (C=O) groups excluding carboxylic acids is 3. The number of rotatable bonds is 9. The van der Waals surface area contributed by atoms with E-state index in [9.17, 15) is 14.4 Å².